The maximum Gasteiger partial charge on any atom is 0.102 e. The number of halogens is 2. The van der Waals surface area contributed by atoms with Crippen LogP contribution >= 0.6 is 23.2 Å². The van der Waals surface area contributed by atoms with Crippen molar-refractivity contribution in [2.75, 3.05) is 5.32 Å². The highest BCUT2D eigenvalue weighted by atomic mass is 35.5. The average molecular weight is 299 g/mol. The largest absolute Gasteiger partial charge is 0.379 e. The minimum absolute atomic E-state index is 0.0649. The minimum Gasteiger partial charge on any atom is -0.379 e. The zero-order chi connectivity index (χ0) is 14.0. The van der Waals surface area contributed by atoms with Crippen molar-refractivity contribution in [3.63, 3.8) is 0 Å². The Hall–Kier alpha value is -1.26. The Balaban J connectivity index is 2.04. The first-order valence-electron chi connectivity index (χ1n) is 5.96. The van der Waals surface area contributed by atoms with Gasteiger partial charge >= 0.3 is 0 Å². The molecule has 6 heteroatoms. The number of benzene rings is 1. The third-order valence-corrected chi connectivity index (χ3v) is 3.00. The van der Waals surface area contributed by atoms with Crippen LogP contribution < -0.4 is 5.32 Å². The van der Waals surface area contributed by atoms with E-state index in [-0.39, 0.29) is 5.54 Å². The van der Waals surface area contributed by atoms with Gasteiger partial charge in [0.25, 0.3) is 0 Å². The van der Waals surface area contributed by atoms with Gasteiger partial charge in [0.05, 0.1) is 18.3 Å². The molecular formula is C13H16Cl2N4. The Morgan fingerprint density at radius 2 is 1.79 bits per heavy atom. The molecule has 0 spiro atoms. The molecule has 0 fully saturated rings. The minimum atomic E-state index is -0.0649. The van der Waals surface area contributed by atoms with Gasteiger partial charge in [-0.1, -0.05) is 28.4 Å². The second-order valence-electron chi connectivity index (χ2n) is 5.34. The smallest absolute Gasteiger partial charge is 0.102 e. The zero-order valence-electron chi connectivity index (χ0n) is 11.1. The van der Waals surface area contributed by atoms with Gasteiger partial charge in [-0.2, -0.15) is 0 Å². The number of hydrogen-bond donors (Lipinski definition) is 1. The quantitative estimate of drug-likeness (QED) is 0.933. The van der Waals surface area contributed by atoms with Crippen molar-refractivity contribution in [3.8, 4) is 0 Å². The Morgan fingerprint density at radius 3 is 2.32 bits per heavy atom. The summed E-state index contributed by atoms with van der Waals surface area (Å²) in [6.45, 7) is 6.81. The molecule has 0 aliphatic rings. The summed E-state index contributed by atoms with van der Waals surface area (Å²) in [4.78, 5) is 0. The number of nitrogens with one attached hydrogen (secondary N) is 1. The molecule has 4 nitrogen and oxygen atoms in total. The fourth-order valence-electron chi connectivity index (χ4n) is 1.56. The molecule has 1 heterocycles. The predicted molar refractivity (Wildman–Crippen MR) is 78.8 cm³/mol. The molecule has 1 aromatic heterocycles. The standard InChI is InChI=1S/C13H16Cl2N4/c1-13(2,3)19-8-12(17-18-19)7-16-11-5-9(14)4-10(15)6-11/h4-6,8,16H,7H2,1-3H3. The number of anilines is 1. The molecule has 0 aliphatic heterocycles. The molecule has 0 bridgehead atoms. The Morgan fingerprint density at radius 1 is 1.16 bits per heavy atom. The van der Waals surface area contributed by atoms with E-state index in [1.807, 2.05) is 23.0 Å². The zero-order valence-corrected chi connectivity index (χ0v) is 12.6. The lowest BCUT2D eigenvalue weighted by molar-refractivity contribution is 0.347. The number of rotatable bonds is 3. The van der Waals surface area contributed by atoms with Crippen LogP contribution in [0.2, 0.25) is 10.0 Å². The van der Waals surface area contributed by atoms with E-state index >= 15 is 0 Å². The monoisotopic (exact) mass is 298 g/mol. The van der Waals surface area contributed by atoms with Crippen LogP contribution in [0, 0.1) is 0 Å². The maximum absolute atomic E-state index is 5.94. The molecule has 19 heavy (non-hydrogen) atoms. The van der Waals surface area contributed by atoms with Crippen LogP contribution in [-0.4, -0.2) is 15.0 Å². The van der Waals surface area contributed by atoms with Gasteiger partial charge in [0.15, 0.2) is 0 Å². The molecule has 0 saturated heterocycles. The molecule has 0 saturated carbocycles. The third-order valence-electron chi connectivity index (χ3n) is 2.56. The van der Waals surface area contributed by atoms with Crippen molar-refractivity contribution in [3.05, 3.63) is 40.1 Å². The van der Waals surface area contributed by atoms with Crippen LogP contribution in [0.25, 0.3) is 0 Å². The molecule has 1 aromatic carbocycles. The number of hydrogen-bond acceptors (Lipinski definition) is 3. The SMILES string of the molecule is CC(C)(C)n1cc(CNc2cc(Cl)cc(Cl)c2)nn1. The summed E-state index contributed by atoms with van der Waals surface area (Å²) in [5.41, 5.74) is 1.67. The van der Waals surface area contributed by atoms with E-state index in [2.05, 4.69) is 36.4 Å². The summed E-state index contributed by atoms with van der Waals surface area (Å²) in [7, 11) is 0. The van der Waals surface area contributed by atoms with Gasteiger partial charge in [0.2, 0.25) is 0 Å². The summed E-state index contributed by atoms with van der Waals surface area (Å²) in [5, 5.41) is 12.7. The normalized spacial score (nSPS) is 11.6. The van der Waals surface area contributed by atoms with Crippen molar-refractivity contribution >= 4 is 28.9 Å². The fraction of sp³-hybridized carbons (Fsp3) is 0.385. The van der Waals surface area contributed by atoms with E-state index in [9.17, 15) is 0 Å². The van der Waals surface area contributed by atoms with Crippen molar-refractivity contribution in [2.45, 2.75) is 32.9 Å². The fourth-order valence-corrected chi connectivity index (χ4v) is 2.08. The van der Waals surface area contributed by atoms with Gasteiger partial charge < -0.3 is 5.32 Å². The molecule has 0 amide bonds. The molecule has 0 unspecified atom stereocenters. The van der Waals surface area contributed by atoms with Gasteiger partial charge in [0.1, 0.15) is 5.69 Å². The predicted octanol–water partition coefficient (Wildman–Crippen LogP) is 3.95. The number of nitrogens with zero attached hydrogens (tertiary/aromatic N) is 3. The molecule has 0 radical (unpaired) electrons. The van der Waals surface area contributed by atoms with Crippen LogP contribution in [0.15, 0.2) is 24.4 Å². The van der Waals surface area contributed by atoms with Gasteiger partial charge in [-0.05, 0) is 39.0 Å². The van der Waals surface area contributed by atoms with Crippen molar-refractivity contribution in [1.82, 2.24) is 15.0 Å². The van der Waals surface area contributed by atoms with Crippen molar-refractivity contribution < 1.29 is 0 Å². The van der Waals surface area contributed by atoms with Crippen LogP contribution in [0.4, 0.5) is 5.69 Å². The lowest BCUT2D eigenvalue weighted by Crippen LogP contribution is -2.22. The Bertz CT molecular complexity index is 552. The highest BCUT2D eigenvalue weighted by Crippen LogP contribution is 2.22. The van der Waals surface area contributed by atoms with E-state index in [0.717, 1.165) is 11.4 Å². The van der Waals surface area contributed by atoms with Gasteiger partial charge in [-0.25, -0.2) is 4.68 Å². The van der Waals surface area contributed by atoms with Gasteiger partial charge in [-0.15, -0.1) is 5.10 Å². The summed E-state index contributed by atoms with van der Waals surface area (Å²) in [6, 6.07) is 5.34. The molecule has 0 aliphatic carbocycles. The van der Waals surface area contributed by atoms with Crippen molar-refractivity contribution in [2.24, 2.45) is 0 Å². The molecule has 2 rings (SSSR count). The second-order valence-corrected chi connectivity index (χ2v) is 6.21. The van der Waals surface area contributed by atoms with Gasteiger partial charge in [-0.3, -0.25) is 0 Å². The topological polar surface area (TPSA) is 42.7 Å². The summed E-state index contributed by atoms with van der Waals surface area (Å²) >= 11 is 11.9. The lowest BCUT2D eigenvalue weighted by atomic mass is 10.1. The molecule has 0 atom stereocenters. The highest BCUT2D eigenvalue weighted by molar-refractivity contribution is 6.35. The lowest BCUT2D eigenvalue weighted by Gasteiger charge is -2.17. The van der Waals surface area contributed by atoms with Crippen LogP contribution in [-0.2, 0) is 12.1 Å². The van der Waals surface area contributed by atoms with Crippen LogP contribution in [0.3, 0.4) is 0 Å². The summed E-state index contributed by atoms with van der Waals surface area (Å²) < 4.78 is 1.84. The number of aromatic nitrogens is 3. The highest BCUT2D eigenvalue weighted by Gasteiger charge is 2.14. The first kappa shape index (κ1) is 14.2. The Kier molecular flexibility index (Phi) is 4.02. The van der Waals surface area contributed by atoms with Crippen molar-refractivity contribution in [1.29, 1.82) is 0 Å². The third kappa shape index (κ3) is 3.85. The second kappa shape index (κ2) is 5.39. The van der Waals surface area contributed by atoms with E-state index in [1.54, 1.807) is 6.07 Å². The van der Waals surface area contributed by atoms with E-state index < -0.39 is 0 Å². The van der Waals surface area contributed by atoms with Crippen LogP contribution in [0.1, 0.15) is 26.5 Å². The van der Waals surface area contributed by atoms with E-state index in [4.69, 9.17) is 23.2 Å². The average Bonchev–Trinajstić information content (AvgIpc) is 2.73. The summed E-state index contributed by atoms with van der Waals surface area (Å²) in [6.07, 6.45) is 1.93. The van der Waals surface area contributed by atoms with E-state index in [1.165, 1.54) is 0 Å². The molecule has 1 N–H and O–H groups in total. The van der Waals surface area contributed by atoms with Gasteiger partial charge in [0, 0.05) is 15.7 Å². The molecule has 2 aromatic rings. The molecular weight excluding hydrogens is 283 g/mol. The first-order chi connectivity index (χ1) is 8.84. The Labute approximate surface area is 122 Å². The van der Waals surface area contributed by atoms with Crippen LogP contribution in [0.5, 0.6) is 0 Å². The first-order valence-corrected chi connectivity index (χ1v) is 6.72. The maximum atomic E-state index is 5.94. The molecule has 102 valence electrons. The van der Waals surface area contributed by atoms with E-state index in [0.29, 0.717) is 16.6 Å². The summed E-state index contributed by atoms with van der Waals surface area (Å²) in [5.74, 6) is 0.